The van der Waals surface area contributed by atoms with Gasteiger partial charge >= 0.3 is 5.97 Å². The Morgan fingerprint density at radius 1 is 1.29 bits per heavy atom. The van der Waals surface area contributed by atoms with E-state index in [9.17, 15) is 4.79 Å². The van der Waals surface area contributed by atoms with Crippen molar-refractivity contribution in [3.05, 3.63) is 23.4 Å². The molecule has 17 heavy (non-hydrogen) atoms. The van der Waals surface area contributed by atoms with Crippen LogP contribution >= 0.6 is 0 Å². The van der Waals surface area contributed by atoms with Crippen LogP contribution in [-0.2, 0) is 14.2 Å². The highest BCUT2D eigenvalue weighted by atomic mass is 16.7. The molecule has 0 amide bonds. The lowest BCUT2D eigenvalue weighted by atomic mass is 10.2. The minimum absolute atomic E-state index is 0.320. The summed E-state index contributed by atoms with van der Waals surface area (Å²) < 4.78 is 14.9. The molecule has 1 rings (SSSR count). The van der Waals surface area contributed by atoms with Crippen LogP contribution in [-0.4, -0.2) is 39.3 Å². The van der Waals surface area contributed by atoms with E-state index in [1.54, 1.807) is 19.2 Å². The number of methoxy groups -OCH3 is 3. The van der Waals surface area contributed by atoms with E-state index in [4.69, 9.17) is 9.47 Å². The third kappa shape index (κ3) is 2.92. The zero-order valence-electron chi connectivity index (χ0n) is 10.3. The van der Waals surface area contributed by atoms with Crippen molar-refractivity contribution in [1.29, 1.82) is 0 Å². The number of hydrogen-bond donors (Lipinski definition) is 1. The molecule has 0 radical (unpaired) electrons. The minimum atomic E-state index is -0.711. The predicted molar refractivity (Wildman–Crippen MR) is 61.9 cm³/mol. The first kappa shape index (κ1) is 13.4. The van der Waals surface area contributed by atoms with Gasteiger partial charge in [0, 0.05) is 21.3 Å². The highest BCUT2D eigenvalue weighted by Crippen LogP contribution is 2.22. The van der Waals surface area contributed by atoms with Gasteiger partial charge in [0.1, 0.15) is 11.5 Å². The quantitative estimate of drug-likeness (QED) is 0.616. The van der Waals surface area contributed by atoms with Crippen LogP contribution in [0.5, 0.6) is 0 Å². The summed E-state index contributed by atoms with van der Waals surface area (Å²) in [4.78, 5) is 15.8. The van der Waals surface area contributed by atoms with Gasteiger partial charge in [-0.05, 0) is 12.1 Å². The highest BCUT2D eigenvalue weighted by Gasteiger charge is 2.21. The molecule has 0 saturated heterocycles. The van der Waals surface area contributed by atoms with E-state index in [1.807, 2.05) is 0 Å². The predicted octanol–water partition coefficient (Wildman–Crippen LogP) is 1.20. The van der Waals surface area contributed by atoms with Crippen molar-refractivity contribution in [3.63, 3.8) is 0 Å². The van der Waals surface area contributed by atoms with E-state index < -0.39 is 12.3 Å². The summed E-state index contributed by atoms with van der Waals surface area (Å²) in [6, 6.07) is 3.29. The van der Waals surface area contributed by atoms with Crippen LogP contribution in [0.4, 0.5) is 5.82 Å². The molecule has 0 bridgehead atoms. The lowest BCUT2D eigenvalue weighted by Gasteiger charge is -2.16. The van der Waals surface area contributed by atoms with Crippen LogP contribution in [0.3, 0.4) is 0 Å². The Hall–Kier alpha value is -1.66. The Bertz CT molecular complexity index is 391. The molecular weight excluding hydrogens is 224 g/mol. The summed E-state index contributed by atoms with van der Waals surface area (Å²) >= 11 is 0. The summed E-state index contributed by atoms with van der Waals surface area (Å²) in [5.41, 5.74) is 0.703. The number of esters is 1. The summed E-state index contributed by atoms with van der Waals surface area (Å²) in [5, 5.41) is 2.88. The zero-order chi connectivity index (χ0) is 12.8. The first-order chi connectivity index (χ1) is 8.17. The van der Waals surface area contributed by atoms with Gasteiger partial charge in [-0.25, -0.2) is 9.78 Å². The molecule has 1 heterocycles. The third-order valence-electron chi connectivity index (χ3n) is 2.24. The topological polar surface area (TPSA) is 69.7 Å². The molecule has 0 aliphatic heterocycles. The van der Waals surface area contributed by atoms with E-state index >= 15 is 0 Å². The fourth-order valence-electron chi connectivity index (χ4n) is 1.40. The van der Waals surface area contributed by atoms with Crippen LogP contribution in [0.15, 0.2) is 12.1 Å². The zero-order valence-corrected chi connectivity index (χ0v) is 10.3. The molecule has 1 aromatic heterocycles. The molecule has 0 spiro atoms. The van der Waals surface area contributed by atoms with Crippen molar-refractivity contribution >= 4 is 11.8 Å². The Morgan fingerprint density at radius 2 is 1.94 bits per heavy atom. The smallest absolute Gasteiger partial charge is 0.339 e. The van der Waals surface area contributed by atoms with Crippen LogP contribution in [0.1, 0.15) is 22.3 Å². The van der Waals surface area contributed by atoms with Gasteiger partial charge in [-0.1, -0.05) is 0 Å². The molecule has 94 valence electrons. The third-order valence-corrected chi connectivity index (χ3v) is 2.24. The number of aromatic nitrogens is 1. The number of carbonyl (C=O) groups excluding carboxylic acids is 1. The molecule has 0 atom stereocenters. The number of anilines is 1. The molecular formula is C11H16N2O4. The van der Waals surface area contributed by atoms with Gasteiger partial charge in [0.05, 0.1) is 12.7 Å². The number of ether oxygens (including phenoxy) is 3. The van der Waals surface area contributed by atoms with Crippen molar-refractivity contribution in [1.82, 2.24) is 4.98 Å². The Balaban J connectivity index is 3.24. The summed E-state index contributed by atoms with van der Waals surface area (Å²) in [6.07, 6.45) is -0.711. The van der Waals surface area contributed by atoms with Crippen molar-refractivity contribution in [2.24, 2.45) is 0 Å². The number of nitrogens with zero attached hydrogens (tertiary/aromatic N) is 1. The van der Waals surface area contributed by atoms with Crippen LogP contribution in [0, 0.1) is 0 Å². The monoisotopic (exact) mass is 240 g/mol. The molecule has 1 aromatic rings. The number of rotatable bonds is 5. The number of nitrogens with one attached hydrogen (secondary N) is 1. The molecule has 0 aromatic carbocycles. The average Bonchev–Trinajstić information content (AvgIpc) is 2.39. The summed E-state index contributed by atoms with van der Waals surface area (Å²) in [7, 11) is 6.00. The Labute approximate surface area is 99.9 Å². The van der Waals surface area contributed by atoms with Crippen LogP contribution in [0.25, 0.3) is 0 Å². The number of pyridine rings is 1. The van der Waals surface area contributed by atoms with Gasteiger partial charge in [-0.2, -0.15) is 0 Å². The number of hydrogen-bond acceptors (Lipinski definition) is 6. The largest absolute Gasteiger partial charge is 0.465 e. The van der Waals surface area contributed by atoms with Gasteiger partial charge in [-0.15, -0.1) is 0 Å². The first-order valence-corrected chi connectivity index (χ1v) is 5.00. The van der Waals surface area contributed by atoms with Gasteiger partial charge in [-0.3, -0.25) is 0 Å². The maximum atomic E-state index is 11.6. The molecule has 6 heteroatoms. The Morgan fingerprint density at radius 3 is 2.41 bits per heavy atom. The Kier molecular flexibility index (Phi) is 4.86. The molecule has 0 fully saturated rings. The van der Waals surface area contributed by atoms with Gasteiger partial charge in [0.15, 0.2) is 0 Å². The highest BCUT2D eigenvalue weighted by molar-refractivity contribution is 5.90. The first-order valence-electron chi connectivity index (χ1n) is 5.00. The fourth-order valence-corrected chi connectivity index (χ4v) is 1.40. The lowest BCUT2D eigenvalue weighted by Crippen LogP contribution is -2.15. The van der Waals surface area contributed by atoms with E-state index in [-0.39, 0.29) is 0 Å². The van der Waals surface area contributed by atoms with Gasteiger partial charge in [0.25, 0.3) is 0 Å². The van der Waals surface area contributed by atoms with Crippen molar-refractivity contribution < 1.29 is 19.0 Å². The summed E-state index contributed by atoms with van der Waals surface area (Å²) in [6.45, 7) is 0. The molecule has 0 unspecified atom stereocenters. The van der Waals surface area contributed by atoms with Crippen LogP contribution in [0.2, 0.25) is 0 Å². The molecule has 0 aliphatic rings. The average molecular weight is 240 g/mol. The van der Waals surface area contributed by atoms with Crippen molar-refractivity contribution in [2.45, 2.75) is 6.29 Å². The second-order valence-corrected chi connectivity index (χ2v) is 3.17. The molecule has 1 N–H and O–H groups in total. The molecule has 0 saturated carbocycles. The number of carbonyl (C=O) groups is 1. The second-order valence-electron chi connectivity index (χ2n) is 3.17. The fraction of sp³-hybridized carbons (Fsp3) is 0.455. The van der Waals surface area contributed by atoms with Crippen molar-refractivity contribution in [3.8, 4) is 0 Å². The SMILES string of the molecule is CNc1ccc(C(=O)OC)c(C(OC)OC)n1. The van der Waals surface area contributed by atoms with Crippen LogP contribution < -0.4 is 5.32 Å². The minimum Gasteiger partial charge on any atom is -0.465 e. The van der Waals surface area contributed by atoms with E-state index in [0.29, 0.717) is 17.1 Å². The molecule has 6 nitrogen and oxygen atoms in total. The summed E-state index contributed by atoms with van der Waals surface area (Å²) in [5.74, 6) is 0.140. The van der Waals surface area contributed by atoms with Gasteiger partial charge in [0.2, 0.25) is 6.29 Å². The second kappa shape index (κ2) is 6.17. The standard InChI is InChI=1S/C11H16N2O4/c1-12-8-6-5-7(10(14)15-2)9(13-8)11(16-3)17-4/h5-6,11H,1-4H3,(H,12,13). The lowest BCUT2D eigenvalue weighted by molar-refractivity contribution is -0.109. The normalized spacial score (nSPS) is 10.4. The maximum Gasteiger partial charge on any atom is 0.339 e. The maximum absolute atomic E-state index is 11.6. The van der Waals surface area contributed by atoms with E-state index in [2.05, 4.69) is 15.0 Å². The van der Waals surface area contributed by atoms with Gasteiger partial charge < -0.3 is 19.5 Å². The van der Waals surface area contributed by atoms with Crippen molar-refractivity contribution in [2.75, 3.05) is 33.7 Å². The molecule has 0 aliphatic carbocycles. The van der Waals surface area contributed by atoms with E-state index in [1.165, 1.54) is 21.3 Å². The van der Waals surface area contributed by atoms with E-state index in [0.717, 1.165) is 0 Å².